The van der Waals surface area contributed by atoms with Gasteiger partial charge in [0.25, 0.3) is 5.91 Å². The average molecular weight is 429 g/mol. The first-order valence-electron chi connectivity index (χ1n) is 9.27. The van der Waals surface area contributed by atoms with Crippen molar-refractivity contribution in [3.05, 3.63) is 64.5 Å². The lowest BCUT2D eigenvalue weighted by atomic mass is 10.1. The Morgan fingerprint density at radius 1 is 1.07 bits per heavy atom. The van der Waals surface area contributed by atoms with Gasteiger partial charge in [-0.3, -0.25) is 9.59 Å². The molecule has 0 radical (unpaired) electrons. The number of aromatic nitrogens is 2. The Hall–Kier alpha value is -3.39. The van der Waals surface area contributed by atoms with Gasteiger partial charge in [0, 0.05) is 23.7 Å². The lowest BCUT2D eigenvalue weighted by Crippen LogP contribution is -2.36. The Kier molecular flexibility index (Phi) is 7.03. The van der Waals surface area contributed by atoms with Crippen LogP contribution in [-0.2, 0) is 4.79 Å². The van der Waals surface area contributed by atoms with Gasteiger partial charge in [-0.2, -0.15) is 4.98 Å². The zero-order valence-corrected chi connectivity index (χ0v) is 17.3. The van der Waals surface area contributed by atoms with Gasteiger partial charge in [-0.25, -0.2) is 0 Å². The number of aryl methyl sites for hydroxylation is 2. The largest absolute Gasteiger partial charge is 0.484 e. The summed E-state index contributed by atoms with van der Waals surface area (Å²) >= 11 is 5.89. The van der Waals surface area contributed by atoms with Crippen molar-refractivity contribution in [2.75, 3.05) is 19.7 Å². The Labute approximate surface area is 178 Å². The number of carbonyl (C=O) groups excluding carboxylic acids is 2. The summed E-state index contributed by atoms with van der Waals surface area (Å²) in [6.07, 6.45) is 0. The molecule has 0 spiro atoms. The van der Waals surface area contributed by atoms with Crippen LogP contribution in [0.1, 0.15) is 21.8 Å². The van der Waals surface area contributed by atoms with Crippen molar-refractivity contribution in [3.8, 4) is 17.1 Å². The molecule has 2 N–H and O–H groups in total. The van der Waals surface area contributed by atoms with Crippen molar-refractivity contribution in [1.29, 1.82) is 0 Å². The molecule has 0 unspecified atom stereocenters. The van der Waals surface area contributed by atoms with Gasteiger partial charge in [-0.15, -0.1) is 0 Å². The average Bonchev–Trinajstić information content (AvgIpc) is 3.21. The fourth-order valence-corrected chi connectivity index (χ4v) is 2.78. The molecule has 30 heavy (non-hydrogen) atoms. The lowest BCUT2D eigenvalue weighted by molar-refractivity contribution is -0.123. The molecule has 0 aliphatic carbocycles. The van der Waals surface area contributed by atoms with Crippen molar-refractivity contribution in [2.45, 2.75) is 13.8 Å². The van der Waals surface area contributed by atoms with Crippen LogP contribution >= 0.6 is 11.6 Å². The molecular weight excluding hydrogens is 408 g/mol. The molecule has 0 bridgehead atoms. The minimum absolute atomic E-state index is 0.139. The molecule has 9 heteroatoms. The molecule has 1 aromatic heterocycles. The Morgan fingerprint density at radius 3 is 2.53 bits per heavy atom. The zero-order chi connectivity index (χ0) is 21.5. The summed E-state index contributed by atoms with van der Waals surface area (Å²) in [6.45, 7) is 4.11. The van der Waals surface area contributed by atoms with Crippen molar-refractivity contribution in [2.24, 2.45) is 0 Å². The van der Waals surface area contributed by atoms with Gasteiger partial charge >= 0.3 is 11.8 Å². The van der Waals surface area contributed by atoms with E-state index < -0.39 is 5.91 Å². The van der Waals surface area contributed by atoms with Crippen LogP contribution in [0.15, 0.2) is 47.0 Å². The minimum Gasteiger partial charge on any atom is -0.484 e. The van der Waals surface area contributed by atoms with Gasteiger partial charge in [-0.05, 0) is 37.6 Å². The van der Waals surface area contributed by atoms with Gasteiger partial charge in [0.1, 0.15) is 5.75 Å². The smallest absolute Gasteiger partial charge is 0.316 e. The number of hydrogen-bond acceptors (Lipinski definition) is 6. The molecule has 0 aliphatic rings. The number of nitrogens with zero attached hydrogens (tertiary/aromatic N) is 2. The number of ether oxygens (including phenoxy) is 1. The van der Waals surface area contributed by atoms with Crippen molar-refractivity contribution in [3.63, 3.8) is 0 Å². The van der Waals surface area contributed by atoms with Gasteiger partial charge in [0.2, 0.25) is 5.82 Å². The SMILES string of the molecule is Cc1ccc(-c2noc(C(=O)NCCNC(=O)COc3ccc(Cl)cc3C)n2)cc1. The molecule has 3 rings (SSSR count). The second kappa shape index (κ2) is 9.89. The third kappa shape index (κ3) is 5.81. The second-order valence-corrected chi connectivity index (χ2v) is 7.03. The van der Waals surface area contributed by atoms with Gasteiger partial charge in [0.15, 0.2) is 6.61 Å². The van der Waals surface area contributed by atoms with E-state index in [9.17, 15) is 9.59 Å². The quantitative estimate of drug-likeness (QED) is 0.534. The normalized spacial score (nSPS) is 10.5. The van der Waals surface area contributed by atoms with E-state index in [-0.39, 0.29) is 31.5 Å². The van der Waals surface area contributed by atoms with Crippen LogP contribution in [0.5, 0.6) is 5.75 Å². The van der Waals surface area contributed by atoms with Crippen molar-refractivity contribution in [1.82, 2.24) is 20.8 Å². The molecular formula is C21H21ClN4O4. The molecule has 0 saturated heterocycles. The molecule has 0 fully saturated rings. The van der Waals surface area contributed by atoms with Gasteiger partial charge in [0.05, 0.1) is 0 Å². The molecule has 8 nitrogen and oxygen atoms in total. The number of amides is 2. The Bertz CT molecular complexity index is 1030. The molecule has 0 atom stereocenters. The maximum absolute atomic E-state index is 12.1. The van der Waals surface area contributed by atoms with E-state index >= 15 is 0 Å². The molecule has 156 valence electrons. The van der Waals surface area contributed by atoms with E-state index in [2.05, 4.69) is 20.8 Å². The molecule has 1 heterocycles. The summed E-state index contributed by atoms with van der Waals surface area (Å²) in [4.78, 5) is 28.1. The fraction of sp³-hybridized carbons (Fsp3) is 0.238. The number of carbonyl (C=O) groups is 2. The molecule has 3 aromatic rings. The Morgan fingerprint density at radius 2 is 1.80 bits per heavy atom. The number of halogens is 1. The third-order valence-electron chi connectivity index (χ3n) is 4.16. The van der Waals surface area contributed by atoms with Gasteiger partial charge in [-0.1, -0.05) is 46.6 Å². The summed E-state index contributed by atoms with van der Waals surface area (Å²) in [5.41, 5.74) is 2.70. The van der Waals surface area contributed by atoms with Crippen LogP contribution in [0.3, 0.4) is 0 Å². The fourth-order valence-electron chi connectivity index (χ4n) is 2.56. The van der Waals surface area contributed by atoms with Crippen LogP contribution in [0.2, 0.25) is 5.02 Å². The lowest BCUT2D eigenvalue weighted by Gasteiger charge is -2.10. The molecule has 2 aromatic carbocycles. The van der Waals surface area contributed by atoms with Crippen molar-refractivity contribution < 1.29 is 18.8 Å². The van der Waals surface area contributed by atoms with Gasteiger partial charge < -0.3 is 19.9 Å². The monoisotopic (exact) mass is 428 g/mol. The molecule has 0 saturated carbocycles. The van der Waals surface area contributed by atoms with E-state index in [0.717, 1.165) is 16.7 Å². The second-order valence-electron chi connectivity index (χ2n) is 6.59. The van der Waals surface area contributed by atoms with Crippen LogP contribution < -0.4 is 15.4 Å². The Balaban J connectivity index is 1.39. The topological polar surface area (TPSA) is 106 Å². The summed E-state index contributed by atoms with van der Waals surface area (Å²) in [5, 5.41) is 9.69. The van der Waals surface area contributed by atoms with Crippen LogP contribution in [0.25, 0.3) is 11.4 Å². The highest BCUT2D eigenvalue weighted by atomic mass is 35.5. The highest BCUT2D eigenvalue weighted by Gasteiger charge is 2.15. The maximum Gasteiger partial charge on any atom is 0.316 e. The van der Waals surface area contributed by atoms with E-state index in [1.807, 2.05) is 38.1 Å². The standard InChI is InChI=1S/C21H21ClN4O4/c1-13-3-5-15(6-4-13)19-25-21(30-26-19)20(28)24-10-9-23-18(27)12-29-17-8-7-16(22)11-14(17)2/h3-8,11H,9-10,12H2,1-2H3,(H,23,27)(H,24,28). The van der Waals surface area contributed by atoms with Crippen LogP contribution in [0.4, 0.5) is 0 Å². The van der Waals surface area contributed by atoms with E-state index in [0.29, 0.717) is 16.6 Å². The summed E-state index contributed by atoms with van der Waals surface area (Å²) in [6, 6.07) is 12.7. The minimum atomic E-state index is -0.511. The van der Waals surface area contributed by atoms with E-state index in [1.54, 1.807) is 18.2 Å². The first kappa shape index (κ1) is 21.3. The summed E-state index contributed by atoms with van der Waals surface area (Å²) in [7, 11) is 0. The van der Waals surface area contributed by atoms with E-state index in [1.165, 1.54) is 0 Å². The highest BCUT2D eigenvalue weighted by molar-refractivity contribution is 6.30. The van der Waals surface area contributed by atoms with Crippen molar-refractivity contribution >= 4 is 23.4 Å². The number of rotatable bonds is 8. The first-order valence-corrected chi connectivity index (χ1v) is 9.65. The predicted octanol–water partition coefficient (Wildman–Crippen LogP) is 2.93. The van der Waals surface area contributed by atoms with Crippen LogP contribution in [-0.4, -0.2) is 41.7 Å². The number of benzene rings is 2. The molecule has 2 amide bonds. The predicted molar refractivity (Wildman–Crippen MR) is 111 cm³/mol. The maximum atomic E-state index is 12.1. The summed E-state index contributed by atoms with van der Waals surface area (Å²) < 4.78 is 10.5. The summed E-state index contributed by atoms with van der Waals surface area (Å²) in [5.74, 6) is -0.0358. The zero-order valence-electron chi connectivity index (χ0n) is 16.6. The van der Waals surface area contributed by atoms with E-state index in [4.69, 9.17) is 20.9 Å². The number of hydrogen-bond donors (Lipinski definition) is 2. The van der Waals surface area contributed by atoms with Crippen LogP contribution in [0, 0.1) is 13.8 Å². The number of nitrogens with one attached hydrogen (secondary N) is 2. The first-order chi connectivity index (χ1) is 14.4. The molecule has 0 aliphatic heterocycles. The third-order valence-corrected chi connectivity index (χ3v) is 4.39. The highest BCUT2D eigenvalue weighted by Crippen LogP contribution is 2.21.